The van der Waals surface area contributed by atoms with Crippen LogP contribution >= 0.6 is 0 Å². The number of amides is 1. The van der Waals surface area contributed by atoms with E-state index in [4.69, 9.17) is 0 Å². The lowest BCUT2D eigenvalue weighted by Gasteiger charge is -2.29. The van der Waals surface area contributed by atoms with E-state index in [1.54, 1.807) is 0 Å². The van der Waals surface area contributed by atoms with Crippen molar-refractivity contribution in [1.29, 1.82) is 0 Å². The van der Waals surface area contributed by atoms with Gasteiger partial charge < -0.3 is 9.47 Å². The number of carbonyl (C=O) groups is 1. The van der Waals surface area contributed by atoms with Gasteiger partial charge in [0.2, 0.25) is 5.91 Å². The summed E-state index contributed by atoms with van der Waals surface area (Å²) in [5, 5.41) is 8.51. The normalized spacial score (nSPS) is 23.5. The van der Waals surface area contributed by atoms with Crippen molar-refractivity contribution in [2.75, 3.05) is 6.54 Å². The quantitative estimate of drug-likeness (QED) is 0.838. The van der Waals surface area contributed by atoms with E-state index in [2.05, 4.69) is 33.5 Å². The van der Waals surface area contributed by atoms with Gasteiger partial charge in [-0.05, 0) is 31.6 Å². The van der Waals surface area contributed by atoms with Gasteiger partial charge in [-0.3, -0.25) is 4.79 Å². The molecule has 5 nitrogen and oxygen atoms in total. The van der Waals surface area contributed by atoms with Crippen molar-refractivity contribution in [3.8, 4) is 0 Å². The average molecular weight is 332 g/mol. The first-order chi connectivity index (χ1) is 11.7. The van der Waals surface area contributed by atoms with Gasteiger partial charge in [0.15, 0.2) is 5.82 Å². The van der Waals surface area contributed by atoms with Gasteiger partial charge in [0.1, 0.15) is 6.33 Å². The van der Waals surface area contributed by atoms with Gasteiger partial charge in [-0.1, -0.05) is 46.0 Å². The Bertz CT molecular complexity index is 531. The van der Waals surface area contributed by atoms with Crippen LogP contribution in [0.4, 0.5) is 0 Å². The SMILES string of the molecule is CC(C)Cn1cnnc1C1CCCN1C(=O)C1CCCCCCC1. The molecule has 0 spiro atoms. The number of rotatable bonds is 4. The molecule has 0 radical (unpaired) electrons. The fourth-order valence-corrected chi connectivity index (χ4v) is 4.29. The van der Waals surface area contributed by atoms with Crippen molar-refractivity contribution in [2.45, 2.75) is 84.2 Å². The minimum absolute atomic E-state index is 0.129. The molecule has 24 heavy (non-hydrogen) atoms. The standard InChI is InChI=1S/C19H32N4O/c1-15(2)13-22-14-20-21-18(22)17-11-8-12-23(17)19(24)16-9-6-4-3-5-7-10-16/h14-17H,3-13H2,1-2H3. The monoisotopic (exact) mass is 332 g/mol. The van der Waals surface area contributed by atoms with Crippen LogP contribution in [0.2, 0.25) is 0 Å². The fourth-order valence-electron chi connectivity index (χ4n) is 4.29. The number of nitrogens with zero attached hydrogens (tertiary/aromatic N) is 4. The summed E-state index contributed by atoms with van der Waals surface area (Å²) in [5.74, 6) is 2.14. The Labute approximate surface area is 145 Å². The lowest BCUT2D eigenvalue weighted by molar-refractivity contribution is -0.137. The van der Waals surface area contributed by atoms with E-state index < -0.39 is 0 Å². The Morgan fingerprint density at radius 3 is 2.54 bits per heavy atom. The highest BCUT2D eigenvalue weighted by Crippen LogP contribution is 2.34. The van der Waals surface area contributed by atoms with Crippen LogP contribution in [0.3, 0.4) is 0 Å². The molecule has 1 aromatic heterocycles. The van der Waals surface area contributed by atoms with Gasteiger partial charge in [-0.15, -0.1) is 10.2 Å². The van der Waals surface area contributed by atoms with E-state index in [9.17, 15) is 4.79 Å². The maximum absolute atomic E-state index is 13.2. The molecule has 134 valence electrons. The zero-order chi connectivity index (χ0) is 16.9. The molecule has 2 aliphatic rings. The predicted octanol–water partition coefficient (Wildman–Crippen LogP) is 3.96. The van der Waals surface area contributed by atoms with Gasteiger partial charge in [0.25, 0.3) is 0 Å². The van der Waals surface area contributed by atoms with E-state index in [0.717, 1.165) is 44.6 Å². The molecule has 3 rings (SSSR count). The molecule has 1 amide bonds. The maximum Gasteiger partial charge on any atom is 0.226 e. The van der Waals surface area contributed by atoms with Crippen LogP contribution in [0.25, 0.3) is 0 Å². The van der Waals surface area contributed by atoms with Crippen molar-refractivity contribution >= 4 is 5.91 Å². The number of hydrogen-bond acceptors (Lipinski definition) is 3. The van der Waals surface area contributed by atoms with Crippen LogP contribution in [-0.4, -0.2) is 32.1 Å². The first-order valence-corrected chi connectivity index (χ1v) is 9.85. The Morgan fingerprint density at radius 2 is 1.83 bits per heavy atom. The minimum Gasteiger partial charge on any atom is -0.332 e. The van der Waals surface area contributed by atoms with E-state index >= 15 is 0 Å². The third-order valence-electron chi connectivity index (χ3n) is 5.50. The summed E-state index contributed by atoms with van der Waals surface area (Å²) in [7, 11) is 0. The molecule has 1 saturated heterocycles. The van der Waals surface area contributed by atoms with Crippen LogP contribution in [0.1, 0.15) is 83.5 Å². The number of aromatic nitrogens is 3. The molecule has 2 heterocycles. The molecule has 1 aliphatic heterocycles. The highest BCUT2D eigenvalue weighted by Gasteiger charge is 2.36. The Kier molecular flexibility index (Phi) is 5.90. The lowest BCUT2D eigenvalue weighted by atomic mass is 9.90. The summed E-state index contributed by atoms with van der Waals surface area (Å²) in [6, 6.07) is 0.129. The summed E-state index contributed by atoms with van der Waals surface area (Å²) in [6.07, 6.45) is 12.4. The second kappa shape index (κ2) is 8.13. The first-order valence-electron chi connectivity index (χ1n) is 9.85. The van der Waals surface area contributed by atoms with Crippen LogP contribution in [0, 0.1) is 11.8 Å². The second-order valence-electron chi connectivity index (χ2n) is 7.97. The van der Waals surface area contributed by atoms with Crippen molar-refractivity contribution in [3.05, 3.63) is 12.2 Å². The van der Waals surface area contributed by atoms with Gasteiger partial charge in [-0.25, -0.2) is 0 Å². The molecule has 1 unspecified atom stereocenters. The molecule has 1 aromatic rings. The molecule has 1 saturated carbocycles. The van der Waals surface area contributed by atoms with Crippen molar-refractivity contribution in [3.63, 3.8) is 0 Å². The van der Waals surface area contributed by atoms with Gasteiger partial charge in [0.05, 0.1) is 6.04 Å². The smallest absolute Gasteiger partial charge is 0.226 e. The summed E-state index contributed by atoms with van der Waals surface area (Å²) >= 11 is 0. The van der Waals surface area contributed by atoms with Crippen LogP contribution in [0.5, 0.6) is 0 Å². The highest BCUT2D eigenvalue weighted by molar-refractivity contribution is 5.79. The van der Waals surface area contributed by atoms with Gasteiger partial charge in [-0.2, -0.15) is 0 Å². The van der Waals surface area contributed by atoms with E-state index in [-0.39, 0.29) is 12.0 Å². The summed E-state index contributed by atoms with van der Waals surface area (Å²) in [5.41, 5.74) is 0. The zero-order valence-electron chi connectivity index (χ0n) is 15.3. The predicted molar refractivity (Wildman–Crippen MR) is 94.4 cm³/mol. The van der Waals surface area contributed by atoms with Gasteiger partial charge >= 0.3 is 0 Å². The van der Waals surface area contributed by atoms with E-state index in [1.165, 1.54) is 32.1 Å². The first kappa shape index (κ1) is 17.4. The Balaban J connectivity index is 1.72. The minimum atomic E-state index is 0.129. The van der Waals surface area contributed by atoms with Crippen LogP contribution < -0.4 is 0 Å². The van der Waals surface area contributed by atoms with Crippen molar-refractivity contribution in [1.82, 2.24) is 19.7 Å². The number of hydrogen-bond donors (Lipinski definition) is 0. The molecular weight excluding hydrogens is 300 g/mol. The van der Waals surface area contributed by atoms with E-state index in [0.29, 0.717) is 11.8 Å². The second-order valence-corrected chi connectivity index (χ2v) is 7.97. The zero-order valence-corrected chi connectivity index (χ0v) is 15.3. The number of carbonyl (C=O) groups excluding carboxylic acids is 1. The molecular formula is C19H32N4O. The lowest BCUT2D eigenvalue weighted by Crippen LogP contribution is -2.37. The molecule has 0 N–H and O–H groups in total. The fraction of sp³-hybridized carbons (Fsp3) is 0.842. The summed E-state index contributed by atoms with van der Waals surface area (Å²) in [4.78, 5) is 15.3. The third kappa shape index (κ3) is 3.98. The molecule has 2 fully saturated rings. The molecule has 1 atom stereocenters. The Hall–Kier alpha value is -1.39. The summed E-state index contributed by atoms with van der Waals surface area (Å²) < 4.78 is 2.15. The largest absolute Gasteiger partial charge is 0.332 e. The molecule has 0 aromatic carbocycles. The highest BCUT2D eigenvalue weighted by atomic mass is 16.2. The van der Waals surface area contributed by atoms with Gasteiger partial charge in [0, 0.05) is 19.0 Å². The van der Waals surface area contributed by atoms with E-state index in [1.807, 2.05) is 6.33 Å². The number of likely N-dealkylation sites (tertiary alicyclic amines) is 1. The third-order valence-corrected chi connectivity index (χ3v) is 5.50. The topological polar surface area (TPSA) is 51.0 Å². The van der Waals surface area contributed by atoms with Crippen molar-refractivity contribution in [2.24, 2.45) is 11.8 Å². The molecule has 0 bridgehead atoms. The maximum atomic E-state index is 13.2. The van der Waals surface area contributed by atoms with Crippen LogP contribution in [-0.2, 0) is 11.3 Å². The molecule has 1 aliphatic carbocycles. The van der Waals surface area contributed by atoms with Crippen molar-refractivity contribution < 1.29 is 4.79 Å². The Morgan fingerprint density at radius 1 is 1.12 bits per heavy atom. The molecule has 5 heteroatoms. The summed E-state index contributed by atoms with van der Waals surface area (Å²) in [6.45, 7) is 6.21. The van der Waals surface area contributed by atoms with Crippen LogP contribution in [0.15, 0.2) is 6.33 Å². The average Bonchev–Trinajstić information content (AvgIpc) is 3.14.